The fourth-order valence-corrected chi connectivity index (χ4v) is 3.36. The Hall–Kier alpha value is -0.730. The van der Waals surface area contributed by atoms with Gasteiger partial charge in [0.15, 0.2) is 0 Å². The summed E-state index contributed by atoms with van der Waals surface area (Å²) in [7, 11) is 2.13. The molecule has 1 aliphatic carbocycles. The van der Waals surface area contributed by atoms with Crippen molar-refractivity contribution in [3.05, 3.63) is 28.8 Å². The van der Waals surface area contributed by atoms with E-state index in [4.69, 9.17) is 11.6 Å². The van der Waals surface area contributed by atoms with E-state index < -0.39 is 6.10 Å². The molecule has 2 rings (SSSR count). The standard InChI is InChI=1S/C17H26ClNO/c1-12(20)13-5-6-16(15(18)11-13)19(4)14-7-9-17(2,3)10-8-14/h5-6,11-12,14,20H,7-10H2,1-4H3. The molecule has 1 aromatic rings. The van der Waals surface area contributed by atoms with Crippen LogP contribution in [0.5, 0.6) is 0 Å². The van der Waals surface area contributed by atoms with Crippen LogP contribution in [0.2, 0.25) is 5.02 Å². The lowest BCUT2D eigenvalue weighted by Crippen LogP contribution is -2.37. The van der Waals surface area contributed by atoms with Crippen molar-refractivity contribution in [1.82, 2.24) is 0 Å². The van der Waals surface area contributed by atoms with Gasteiger partial charge in [0.1, 0.15) is 0 Å². The normalized spacial score (nSPS) is 20.7. The van der Waals surface area contributed by atoms with E-state index in [0.717, 1.165) is 16.3 Å². The molecule has 0 radical (unpaired) electrons. The monoisotopic (exact) mass is 295 g/mol. The summed E-state index contributed by atoms with van der Waals surface area (Å²) < 4.78 is 0. The van der Waals surface area contributed by atoms with E-state index >= 15 is 0 Å². The molecule has 1 N–H and O–H groups in total. The van der Waals surface area contributed by atoms with Crippen LogP contribution in [-0.4, -0.2) is 18.2 Å². The third kappa shape index (κ3) is 3.48. The number of hydrogen-bond acceptors (Lipinski definition) is 2. The second kappa shape index (κ2) is 5.95. The van der Waals surface area contributed by atoms with E-state index in [1.807, 2.05) is 18.2 Å². The summed E-state index contributed by atoms with van der Waals surface area (Å²) in [5.74, 6) is 0. The molecule has 1 atom stereocenters. The van der Waals surface area contributed by atoms with Gasteiger partial charge in [-0.25, -0.2) is 0 Å². The number of nitrogens with zero attached hydrogens (tertiary/aromatic N) is 1. The molecule has 0 bridgehead atoms. The Labute approximate surface area is 127 Å². The lowest BCUT2D eigenvalue weighted by Gasteiger charge is -2.39. The first-order valence-corrected chi connectivity index (χ1v) is 7.88. The second-order valence-corrected chi connectivity index (χ2v) is 7.30. The van der Waals surface area contributed by atoms with Crippen molar-refractivity contribution in [3.63, 3.8) is 0 Å². The van der Waals surface area contributed by atoms with Crippen molar-refractivity contribution < 1.29 is 5.11 Å². The molecule has 1 unspecified atom stereocenters. The Bertz CT molecular complexity index is 460. The molecule has 1 fully saturated rings. The summed E-state index contributed by atoms with van der Waals surface area (Å²) in [6, 6.07) is 6.45. The Morgan fingerprint density at radius 3 is 2.40 bits per heavy atom. The van der Waals surface area contributed by atoms with Gasteiger partial charge in [0.05, 0.1) is 16.8 Å². The van der Waals surface area contributed by atoms with Gasteiger partial charge in [-0.15, -0.1) is 0 Å². The number of anilines is 1. The first-order valence-electron chi connectivity index (χ1n) is 7.50. The Morgan fingerprint density at radius 2 is 1.90 bits per heavy atom. The maximum absolute atomic E-state index is 9.61. The fourth-order valence-electron chi connectivity index (χ4n) is 3.04. The Morgan fingerprint density at radius 1 is 1.30 bits per heavy atom. The molecule has 2 nitrogen and oxygen atoms in total. The van der Waals surface area contributed by atoms with Crippen molar-refractivity contribution in [2.45, 2.75) is 58.6 Å². The van der Waals surface area contributed by atoms with Gasteiger partial charge in [0.25, 0.3) is 0 Å². The van der Waals surface area contributed by atoms with E-state index in [9.17, 15) is 5.11 Å². The number of hydrogen-bond donors (Lipinski definition) is 1. The Balaban J connectivity index is 2.12. The zero-order valence-corrected chi connectivity index (χ0v) is 13.7. The van der Waals surface area contributed by atoms with Crippen LogP contribution in [0, 0.1) is 5.41 Å². The summed E-state index contributed by atoms with van der Waals surface area (Å²) in [5.41, 5.74) is 2.43. The van der Waals surface area contributed by atoms with E-state index in [1.165, 1.54) is 25.7 Å². The van der Waals surface area contributed by atoms with Gasteiger partial charge in [0.2, 0.25) is 0 Å². The molecular formula is C17H26ClNO. The van der Waals surface area contributed by atoms with Gasteiger partial charge in [-0.3, -0.25) is 0 Å². The van der Waals surface area contributed by atoms with Crippen molar-refractivity contribution >= 4 is 17.3 Å². The SMILES string of the molecule is CC(O)c1ccc(N(C)C2CCC(C)(C)CC2)c(Cl)c1. The predicted molar refractivity (Wildman–Crippen MR) is 86.5 cm³/mol. The third-order valence-electron chi connectivity index (χ3n) is 4.69. The van der Waals surface area contributed by atoms with Crippen molar-refractivity contribution in [2.24, 2.45) is 5.41 Å². The molecule has 1 aliphatic rings. The molecule has 20 heavy (non-hydrogen) atoms. The smallest absolute Gasteiger partial charge is 0.0762 e. The predicted octanol–water partition coefficient (Wildman–Crippen LogP) is 4.80. The molecule has 3 heteroatoms. The number of rotatable bonds is 3. The first-order chi connectivity index (χ1) is 9.30. The van der Waals surface area contributed by atoms with Gasteiger partial charge < -0.3 is 10.0 Å². The summed E-state index contributed by atoms with van der Waals surface area (Å²) in [4.78, 5) is 2.31. The van der Waals surface area contributed by atoms with Gasteiger partial charge >= 0.3 is 0 Å². The zero-order valence-electron chi connectivity index (χ0n) is 13.0. The zero-order chi connectivity index (χ0) is 14.9. The highest BCUT2D eigenvalue weighted by atomic mass is 35.5. The second-order valence-electron chi connectivity index (χ2n) is 6.89. The number of halogens is 1. The van der Waals surface area contributed by atoms with Gasteiger partial charge in [-0.1, -0.05) is 31.5 Å². The van der Waals surface area contributed by atoms with Crippen LogP contribution in [0.1, 0.15) is 58.1 Å². The van der Waals surface area contributed by atoms with Crippen LogP contribution in [0.4, 0.5) is 5.69 Å². The average molecular weight is 296 g/mol. The molecule has 0 amide bonds. The van der Waals surface area contributed by atoms with E-state index in [-0.39, 0.29) is 0 Å². The molecule has 0 aliphatic heterocycles. The van der Waals surface area contributed by atoms with Crippen LogP contribution in [0.3, 0.4) is 0 Å². The van der Waals surface area contributed by atoms with Crippen LogP contribution in [0.25, 0.3) is 0 Å². The minimum Gasteiger partial charge on any atom is -0.389 e. The Kier molecular flexibility index (Phi) is 4.66. The van der Waals surface area contributed by atoms with Crippen molar-refractivity contribution in [2.75, 3.05) is 11.9 Å². The minimum atomic E-state index is -0.470. The molecule has 1 saturated carbocycles. The minimum absolute atomic E-state index is 0.470. The molecule has 0 aromatic heterocycles. The lowest BCUT2D eigenvalue weighted by molar-refractivity contribution is 0.199. The summed E-state index contributed by atoms with van der Waals surface area (Å²) >= 11 is 6.39. The third-order valence-corrected chi connectivity index (χ3v) is 4.99. The van der Waals surface area contributed by atoms with Crippen LogP contribution in [-0.2, 0) is 0 Å². The van der Waals surface area contributed by atoms with Crippen LogP contribution in [0.15, 0.2) is 18.2 Å². The fraction of sp³-hybridized carbons (Fsp3) is 0.647. The van der Waals surface area contributed by atoms with E-state index in [1.54, 1.807) is 6.92 Å². The highest BCUT2D eigenvalue weighted by molar-refractivity contribution is 6.33. The first kappa shape index (κ1) is 15.7. The number of aliphatic hydroxyl groups is 1. The van der Waals surface area contributed by atoms with Crippen LogP contribution < -0.4 is 4.90 Å². The highest BCUT2D eigenvalue weighted by Crippen LogP contribution is 2.39. The topological polar surface area (TPSA) is 23.5 Å². The van der Waals surface area contributed by atoms with Crippen molar-refractivity contribution in [3.8, 4) is 0 Å². The highest BCUT2D eigenvalue weighted by Gasteiger charge is 2.29. The summed E-state index contributed by atoms with van der Waals surface area (Å²) in [5, 5.41) is 10.3. The molecule has 0 heterocycles. The quantitative estimate of drug-likeness (QED) is 0.866. The molecule has 1 aromatic carbocycles. The average Bonchev–Trinajstić information content (AvgIpc) is 2.37. The number of aliphatic hydroxyl groups excluding tert-OH is 1. The largest absolute Gasteiger partial charge is 0.389 e. The lowest BCUT2D eigenvalue weighted by atomic mass is 9.75. The molecule has 0 saturated heterocycles. The maximum Gasteiger partial charge on any atom is 0.0762 e. The molecule has 112 valence electrons. The van der Waals surface area contributed by atoms with Gasteiger partial charge in [-0.2, -0.15) is 0 Å². The maximum atomic E-state index is 9.61. The van der Waals surface area contributed by atoms with E-state index in [2.05, 4.69) is 25.8 Å². The number of benzene rings is 1. The van der Waals surface area contributed by atoms with Crippen molar-refractivity contribution in [1.29, 1.82) is 0 Å². The molecule has 0 spiro atoms. The van der Waals surface area contributed by atoms with Crippen LogP contribution >= 0.6 is 11.6 Å². The van der Waals surface area contributed by atoms with E-state index in [0.29, 0.717) is 11.5 Å². The summed E-state index contributed by atoms with van der Waals surface area (Å²) in [6.07, 6.45) is 4.51. The van der Waals surface area contributed by atoms with Gasteiger partial charge in [0, 0.05) is 13.1 Å². The van der Waals surface area contributed by atoms with Gasteiger partial charge in [-0.05, 0) is 55.7 Å². The summed E-state index contributed by atoms with van der Waals surface area (Å²) in [6.45, 7) is 6.47. The molecular weight excluding hydrogens is 270 g/mol.